The van der Waals surface area contributed by atoms with Gasteiger partial charge in [-0.05, 0) is 78.9 Å². The highest BCUT2D eigenvalue weighted by atomic mass is 16.6. The molecule has 132 valence electrons. The lowest BCUT2D eigenvalue weighted by atomic mass is 9.43. The van der Waals surface area contributed by atoms with Crippen molar-refractivity contribution in [3.8, 4) is 0 Å². The average Bonchev–Trinajstić information content (AvgIpc) is 3.36. The van der Waals surface area contributed by atoms with Gasteiger partial charge >= 0.3 is 11.9 Å². The summed E-state index contributed by atoms with van der Waals surface area (Å²) in [5.74, 6) is 5.53. The highest BCUT2D eigenvalue weighted by Gasteiger charge is 3.02. The molecular weight excluding hydrogens is 316 g/mol. The van der Waals surface area contributed by atoms with Crippen molar-refractivity contribution in [2.45, 2.75) is 38.2 Å². The van der Waals surface area contributed by atoms with Crippen LogP contribution in [0, 0.1) is 70.0 Å². The first-order valence-electron chi connectivity index (χ1n) is 10.5. The van der Waals surface area contributed by atoms with Gasteiger partial charge in [-0.2, -0.15) is 0 Å². The molecule has 9 rings (SSSR count). The molecule has 0 unspecified atom stereocenters. The van der Waals surface area contributed by atoms with E-state index in [9.17, 15) is 9.59 Å². The van der Waals surface area contributed by atoms with E-state index >= 15 is 0 Å². The van der Waals surface area contributed by atoms with Crippen LogP contribution >= 0.6 is 0 Å². The van der Waals surface area contributed by atoms with Crippen LogP contribution in [-0.4, -0.2) is 25.2 Å². The van der Waals surface area contributed by atoms with Crippen molar-refractivity contribution in [3.05, 3.63) is 0 Å². The van der Waals surface area contributed by atoms with Gasteiger partial charge in [0, 0.05) is 5.92 Å². The van der Waals surface area contributed by atoms with E-state index < -0.39 is 10.8 Å². The summed E-state index contributed by atoms with van der Waals surface area (Å²) in [6, 6.07) is 0. The molecule has 0 radical (unpaired) electrons. The molecule has 8 bridgehead atoms. The maximum Gasteiger partial charge on any atom is 0.314 e. The fourth-order valence-electron chi connectivity index (χ4n) is 11.9. The van der Waals surface area contributed by atoms with Gasteiger partial charge in [0.05, 0.1) is 17.9 Å². The van der Waals surface area contributed by atoms with Crippen LogP contribution < -0.4 is 0 Å². The molecule has 1 aliphatic heterocycles. The van der Waals surface area contributed by atoms with E-state index in [2.05, 4.69) is 0 Å². The normalized spacial score (nSPS) is 71.1. The number of ether oxygens (including phenoxy) is 2. The average molecular weight is 340 g/mol. The molecular formula is C21H24O4. The van der Waals surface area contributed by atoms with Gasteiger partial charge in [0.15, 0.2) is 0 Å². The van der Waals surface area contributed by atoms with Crippen molar-refractivity contribution in [1.29, 1.82) is 0 Å². The summed E-state index contributed by atoms with van der Waals surface area (Å²) in [6.07, 6.45) is 6.18. The summed E-state index contributed by atoms with van der Waals surface area (Å²) in [4.78, 5) is 27.1. The molecule has 1 heterocycles. The molecule has 0 aromatic heterocycles. The Hall–Kier alpha value is -1.06. The quantitative estimate of drug-likeness (QED) is 0.687. The molecule has 0 aromatic carbocycles. The van der Waals surface area contributed by atoms with Gasteiger partial charge in [-0.3, -0.25) is 9.59 Å². The summed E-state index contributed by atoms with van der Waals surface area (Å²) in [6.45, 7) is 0. The van der Waals surface area contributed by atoms with Crippen LogP contribution in [0.5, 0.6) is 0 Å². The lowest BCUT2D eigenvalue weighted by Gasteiger charge is -2.60. The van der Waals surface area contributed by atoms with Crippen LogP contribution in [0.25, 0.3) is 0 Å². The monoisotopic (exact) mass is 340 g/mol. The Labute approximate surface area is 147 Å². The summed E-state index contributed by atoms with van der Waals surface area (Å²) in [7, 11) is 1.55. The first-order chi connectivity index (χ1) is 12.2. The third kappa shape index (κ3) is 0.848. The van der Waals surface area contributed by atoms with Crippen molar-refractivity contribution in [2.24, 2.45) is 70.0 Å². The molecule has 0 aromatic rings. The Morgan fingerprint density at radius 3 is 2.48 bits per heavy atom. The fraction of sp³-hybridized carbons (Fsp3) is 0.905. The molecule has 25 heavy (non-hydrogen) atoms. The lowest BCUT2D eigenvalue weighted by Crippen LogP contribution is -2.68. The Morgan fingerprint density at radius 2 is 1.68 bits per heavy atom. The van der Waals surface area contributed by atoms with Gasteiger partial charge in [-0.1, -0.05) is 6.42 Å². The number of carbonyl (C=O) groups is 2. The zero-order chi connectivity index (χ0) is 16.5. The molecule has 4 nitrogen and oxygen atoms in total. The predicted molar refractivity (Wildman–Crippen MR) is 84.7 cm³/mol. The van der Waals surface area contributed by atoms with E-state index in [1.54, 1.807) is 7.11 Å². The second-order valence-corrected chi connectivity index (χ2v) is 10.5. The molecule has 4 heteroatoms. The number of hydrogen-bond acceptors (Lipinski definition) is 4. The minimum atomic E-state index is -0.508. The van der Waals surface area contributed by atoms with Crippen LogP contribution in [0.1, 0.15) is 32.1 Å². The highest BCUT2D eigenvalue weighted by Crippen LogP contribution is 2.98. The standard InChI is InChI=1S/C21H24O4/c1-24-18(22)20-14-7-3-2-4-8(7)15-12(14)13-16(20)9-5-6-10-11(9)17(13)21(15,20)19(23)25-10/h7-17H,2-6H2,1H3/t7-,8+,9-,10-,11-,12+,13+,14+,15+,16-,17+,20-,21-/m1/s1. The van der Waals surface area contributed by atoms with Crippen LogP contribution in [-0.2, 0) is 19.1 Å². The van der Waals surface area contributed by atoms with Gasteiger partial charge in [-0.25, -0.2) is 0 Å². The zero-order valence-corrected chi connectivity index (χ0v) is 14.5. The zero-order valence-electron chi connectivity index (χ0n) is 14.5. The second-order valence-electron chi connectivity index (χ2n) is 10.5. The van der Waals surface area contributed by atoms with Gasteiger partial charge in [0.25, 0.3) is 0 Å². The number of methoxy groups -OCH3 is 1. The maximum atomic E-state index is 13.6. The summed E-state index contributed by atoms with van der Waals surface area (Å²) >= 11 is 0. The van der Waals surface area contributed by atoms with Crippen LogP contribution in [0.2, 0.25) is 0 Å². The van der Waals surface area contributed by atoms with Crippen molar-refractivity contribution in [1.82, 2.24) is 0 Å². The molecule has 1 saturated heterocycles. The Kier molecular flexibility index (Phi) is 1.79. The Balaban J connectivity index is 1.48. The van der Waals surface area contributed by atoms with Crippen molar-refractivity contribution >= 4 is 11.9 Å². The van der Waals surface area contributed by atoms with Crippen molar-refractivity contribution in [3.63, 3.8) is 0 Å². The third-order valence-corrected chi connectivity index (χ3v) is 11.1. The van der Waals surface area contributed by atoms with Gasteiger partial charge in [-0.15, -0.1) is 0 Å². The van der Waals surface area contributed by atoms with Crippen LogP contribution in [0.4, 0.5) is 0 Å². The number of carbonyl (C=O) groups excluding carboxylic acids is 2. The van der Waals surface area contributed by atoms with Crippen LogP contribution in [0.3, 0.4) is 0 Å². The molecule has 0 N–H and O–H groups in total. The topological polar surface area (TPSA) is 52.6 Å². The van der Waals surface area contributed by atoms with Gasteiger partial charge in [0.1, 0.15) is 6.10 Å². The smallest absolute Gasteiger partial charge is 0.314 e. The molecule has 9 fully saturated rings. The molecule has 13 atom stereocenters. The van der Waals surface area contributed by atoms with Crippen molar-refractivity contribution in [2.75, 3.05) is 7.11 Å². The number of esters is 2. The number of hydrogen-bond donors (Lipinski definition) is 0. The number of fused-ring (bicyclic) bond motifs is 1. The summed E-state index contributed by atoms with van der Waals surface area (Å²) in [5, 5.41) is 0. The highest BCUT2D eigenvalue weighted by molar-refractivity contribution is 5.95. The largest absolute Gasteiger partial charge is 0.469 e. The van der Waals surface area contributed by atoms with Gasteiger partial charge < -0.3 is 9.47 Å². The first kappa shape index (κ1) is 13.2. The minimum absolute atomic E-state index is 0.0253. The maximum absolute atomic E-state index is 13.6. The Morgan fingerprint density at radius 1 is 0.960 bits per heavy atom. The molecule has 8 aliphatic carbocycles. The summed E-state index contributed by atoms with van der Waals surface area (Å²) < 4.78 is 11.6. The van der Waals surface area contributed by atoms with E-state index in [1.165, 1.54) is 19.3 Å². The first-order valence-corrected chi connectivity index (χ1v) is 10.5. The molecule has 9 aliphatic rings. The van der Waals surface area contributed by atoms with Gasteiger partial charge in [0.2, 0.25) is 0 Å². The molecule has 0 amide bonds. The Bertz CT molecular complexity index is 758. The summed E-state index contributed by atoms with van der Waals surface area (Å²) in [5.41, 5.74) is -0.996. The van der Waals surface area contributed by atoms with E-state index in [0.717, 1.165) is 12.8 Å². The molecule has 8 saturated carbocycles. The van der Waals surface area contributed by atoms with E-state index in [0.29, 0.717) is 59.2 Å². The second kappa shape index (κ2) is 3.41. The van der Waals surface area contributed by atoms with Crippen LogP contribution in [0.15, 0.2) is 0 Å². The van der Waals surface area contributed by atoms with Crippen molar-refractivity contribution < 1.29 is 19.1 Å². The fourth-order valence-corrected chi connectivity index (χ4v) is 11.9. The number of rotatable bonds is 1. The SMILES string of the molecule is COC(=O)[C@@]12[C@@H]3[C@@H]4CC[C@H]5OC(=O)[C@@]16[C@H]([C@H]3[C@@H]1[C@@H]6[C@H]3CCC[C@H]3[C@@H]12)[C@H]45. The third-order valence-electron chi connectivity index (χ3n) is 11.1. The van der Waals surface area contributed by atoms with E-state index in [1.807, 2.05) is 0 Å². The molecule has 1 spiro atoms. The predicted octanol–water partition coefficient (Wildman–Crippen LogP) is 2.27. The van der Waals surface area contributed by atoms with E-state index in [-0.39, 0.29) is 18.0 Å². The minimum Gasteiger partial charge on any atom is -0.469 e. The van der Waals surface area contributed by atoms with E-state index in [4.69, 9.17) is 9.47 Å². The lowest BCUT2D eigenvalue weighted by molar-refractivity contribution is -0.232.